The van der Waals surface area contributed by atoms with Crippen molar-refractivity contribution in [2.45, 2.75) is 29.7 Å². The minimum absolute atomic E-state index is 0.0625. The fourth-order valence-electron chi connectivity index (χ4n) is 2.41. The number of rotatable bonds is 4. The third-order valence-electron chi connectivity index (χ3n) is 3.70. The van der Waals surface area contributed by atoms with Crippen LogP contribution < -0.4 is 4.90 Å². The van der Waals surface area contributed by atoms with Gasteiger partial charge in [-0.05, 0) is 25.0 Å². The SMILES string of the molecule is FC(F)(F)C1CCN(c2nnc(CSc3ccncc3)o2)CC1. The van der Waals surface area contributed by atoms with Gasteiger partial charge in [0.1, 0.15) is 0 Å². The van der Waals surface area contributed by atoms with E-state index in [9.17, 15) is 13.2 Å². The summed E-state index contributed by atoms with van der Waals surface area (Å²) in [5.74, 6) is -0.265. The topological polar surface area (TPSA) is 55.1 Å². The molecule has 1 aliphatic heterocycles. The zero-order valence-electron chi connectivity index (χ0n) is 12.2. The summed E-state index contributed by atoms with van der Waals surface area (Å²) in [6, 6.07) is 4.06. The zero-order valence-corrected chi connectivity index (χ0v) is 13.0. The van der Waals surface area contributed by atoms with Crippen molar-refractivity contribution in [2.24, 2.45) is 5.92 Å². The lowest BCUT2D eigenvalue weighted by molar-refractivity contribution is -0.179. The summed E-state index contributed by atoms with van der Waals surface area (Å²) in [5.41, 5.74) is 0. The van der Waals surface area contributed by atoms with Gasteiger partial charge < -0.3 is 9.32 Å². The molecule has 23 heavy (non-hydrogen) atoms. The molecule has 2 aromatic rings. The first-order valence-corrected chi connectivity index (χ1v) is 8.18. The van der Waals surface area contributed by atoms with E-state index in [-0.39, 0.29) is 25.9 Å². The normalized spacial score (nSPS) is 16.7. The van der Waals surface area contributed by atoms with Crippen molar-refractivity contribution in [1.29, 1.82) is 0 Å². The van der Waals surface area contributed by atoms with Crippen molar-refractivity contribution in [1.82, 2.24) is 15.2 Å². The second-order valence-electron chi connectivity index (χ2n) is 5.25. The molecule has 3 rings (SSSR count). The quantitative estimate of drug-likeness (QED) is 0.791. The summed E-state index contributed by atoms with van der Waals surface area (Å²) in [7, 11) is 0. The lowest BCUT2D eigenvalue weighted by Gasteiger charge is -2.31. The Morgan fingerprint density at radius 2 is 1.87 bits per heavy atom. The van der Waals surface area contributed by atoms with Crippen molar-refractivity contribution < 1.29 is 17.6 Å². The lowest BCUT2D eigenvalue weighted by atomic mass is 9.97. The molecule has 0 aromatic carbocycles. The van der Waals surface area contributed by atoms with Crippen LogP contribution in [0.2, 0.25) is 0 Å². The molecule has 0 bridgehead atoms. The average molecular weight is 344 g/mol. The maximum Gasteiger partial charge on any atom is 0.391 e. The number of hydrogen-bond acceptors (Lipinski definition) is 6. The largest absolute Gasteiger partial charge is 0.407 e. The maximum atomic E-state index is 12.7. The van der Waals surface area contributed by atoms with E-state index >= 15 is 0 Å². The van der Waals surface area contributed by atoms with E-state index in [4.69, 9.17) is 4.42 Å². The van der Waals surface area contributed by atoms with Gasteiger partial charge in [0.15, 0.2) is 0 Å². The molecule has 0 spiro atoms. The van der Waals surface area contributed by atoms with Crippen molar-refractivity contribution in [2.75, 3.05) is 18.0 Å². The Morgan fingerprint density at radius 3 is 2.52 bits per heavy atom. The Bertz CT molecular complexity index is 626. The van der Waals surface area contributed by atoms with Crippen LogP contribution >= 0.6 is 11.8 Å². The van der Waals surface area contributed by atoms with Crippen LogP contribution in [0.4, 0.5) is 19.2 Å². The number of halogens is 3. The number of nitrogens with zero attached hydrogens (tertiary/aromatic N) is 4. The van der Waals surface area contributed by atoms with E-state index in [0.717, 1.165) is 4.90 Å². The molecule has 0 amide bonds. The molecule has 9 heteroatoms. The summed E-state index contributed by atoms with van der Waals surface area (Å²) in [5, 5.41) is 7.90. The Hall–Kier alpha value is -1.77. The smallest absolute Gasteiger partial charge is 0.391 e. The van der Waals surface area contributed by atoms with Gasteiger partial charge in [0.05, 0.1) is 11.7 Å². The standard InChI is InChI=1S/C14H15F3N4OS/c15-14(16,17)10-3-7-21(8-4-10)13-20-19-12(22-13)9-23-11-1-5-18-6-2-11/h1-2,5-6,10H,3-4,7-9H2. The summed E-state index contributed by atoms with van der Waals surface area (Å²) in [6.45, 7) is 0.562. The Morgan fingerprint density at radius 1 is 1.17 bits per heavy atom. The summed E-state index contributed by atoms with van der Waals surface area (Å²) in [6.07, 6.45) is -0.591. The first kappa shape index (κ1) is 16.1. The first-order chi connectivity index (χ1) is 11.0. The minimum Gasteiger partial charge on any atom is -0.407 e. The molecule has 3 heterocycles. The molecule has 0 atom stereocenters. The second kappa shape index (κ2) is 6.77. The van der Waals surface area contributed by atoms with Crippen LogP contribution in [0.25, 0.3) is 0 Å². The Labute approximate surface area is 135 Å². The Kier molecular flexibility index (Phi) is 4.74. The van der Waals surface area contributed by atoms with Gasteiger partial charge in [-0.25, -0.2) is 0 Å². The van der Waals surface area contributed by atoms with Crippen LogP contribution in [0.15, 0.2) is 33.8 Å². The molecule has 124 valence electrons. The van der Waals surface area contributed by atoms with Crippen molar-refractivity contribution in [3.8, 4) is 0 Å². The molecular formula is C14H15F3N4OS. The summed E-state index contributed by atoms with van der Waals surface area (Å²) in [4.78, 5) is 6.69. The highest BCUT2D eigenvalue weighted by Gasteiger charge is 2.41. The molecule has 1 fully saturated rings. The number of thioether (sulfide) groups is 1. The van der Waals surface area contributed by atoms with E-state index < -0.39 is 12.1 Å². The number of piperidine rings is 1. The van der Waals surface area contributed by atoms with Crippen molar-refractivity contribution >= 4 is 17.8 Å². The number of anilines is 1. The van der Waals surface area contributed by atoms with Gasteiger partial charge in [0.2, 0.25) is 5.89 Å². The van der Waals surface area contributed by atoms with Gasteiger partial charge in [-0.2, -0.15) is 13.2 Å². The summed E-state index contributed by atoms with van der Waals surface area (Å²) < 4.78 is 43.5. The third-order valence-corrected chi connectivity index (χ3v) is 4.69. The van der Waals surface area contributed by atoms with E-state index in [1.165, 1.54) is 11.8 Å². The van der Waals surface area contributed by atoms with Crippen LogP contribution in [0.1, 0.15) is 18.7 Å². The van der Waals surface area contributed by atoms with E-state index in [2.05, 4.69) is 15.2 Å². The maximum absolute atomic E-state index is 12.7. The molecule has 1 aliphatic rings. The van der Waals surface area contributed by atoms with Crippen molar-refractivity contribution in [3.63, 3.8) is 0 Å². The molecule has 0 unspecified atom stereocenters. The molecule has 1 saturated heterocycles. The van der Waals surface area contributed by atoms with E-state index in [1.807, 2.05) is 12.1 Å². The van der Waals surface area contributed by atoms with Gasteiger partial charge in [0.25, 0.3) is 0 Å². The zero-order chi connectivity index (χ0) is 16.3. The van der Waals surface area contributed by atoms with Crippen molar-refractivity contribution in [3.05, 3.63) is 30.4 Å². The van der Waals surface area contributed by atoms with Gasteiger partial charge >= 0.3 is 12.2 Å². The highest BCUT2D eigenvalue weighted by Crippen LogP contribution is 2.35. The van der Waals surface area contributed by atoms with E-state index in [0.29, 0.717) is 17.7 Å². The highest BCUT2D eigenvalue weighted by atomic mass is 32.2. The van der Waals surface area contributed by atoms with Crippen LogP contribution in [-0.2, 0) is 5.75 Å². The molecule has 0 radical (unpaired) electrons. The predicted molar refractivity (Wildman–Crippen MR) is 79.1 cm³/mol. The number of pyridine rings is 1. The molecule has 5 nitrogen and oxygen atoms in total. The molecule has 0 aliphatic carbocycles. The van der Waals surface area contributed by atoms with Crippen LogP contribution in [0, 0.1) is 5.92 Å². The van der Waals surface area contributed by atoms with Crippen LogP contribution in [0.3, 0.4) is 0 Å². The fraction of sp³-hybridized carbons (Fsp3) is 0.500. The highest BCUT2D eigenvalue weighted by molar-refractivity contribution is 7.98. The molecule has 2 aromatic heterocycles. The first-order valence-electron chi connectivity index (χ1n) is 7.19. The lowest BCUT2D eigenvalue weighted by Crippen LogP contribution is -2.39. The minimum atomic E-state index is -4.12. The average Bonchev–Trinajstić information content (AvgIpc) is 3.02. The molecule has 0 saturated carbocycles. The number of aromatic nitrogens is 3. The monoisotopic (exact) mass is 344 g/mol. The second-order valence-corrected chi connectivity index (χ2v) is 6.30. The third kappa shape index (κ3) is 4.15. The van der Waals surface area contributed by atoms with Gasteiger partial charge in [-0.3, -0.25) is 4.98 Å². The predicted octanol–water partition coefficient (Wildman–Crippen LogP) is 3.54. The van der Waals surface area contributed by atoms with Gasteiger partial charge in [0, 0.05) is 30.4 Å². The fourth-order valence-corrected chi connectivity index (χ4v) is 3.13. The summed E-state index contributed by atoms with van der Waals surface area (Å²) >= 11 is 1.53. The van der Waals surface area contributed by atoms with Gasteiger partial charge in [-0.15, -0.1) is 16.9 Å². The number of alkyl halides is 3. The van der Waals surface area contributed by atoms with Crippen LogP contribution in [0.5, 0.6) is 0 Å². The van der Waals surface area contributed by atoms with Gasteiger partial charge in [-0.1, -0.05) is 5.10 Å². The number of hydrogen-bond donors (Lipinski definition) is 0. The molecule has 0 N–H and O–H groups in total. The Balaban J connectivity index is 1.54. The molecular weight excluding hydrogens is 329 g/mol. The van der Waals surface area contributed by atoms with E-state index in [1.54, 1.807) is 17.3 Å². The van der Waals surface area contributed by atoms with Crippen LogP contribution in [-0.4, -0.2) is 34.4 Å².